The van der Waals surface area contributed by atoms with E-state index in [4.69, 9.17) is 23.7 Å². The van der Waals surface area contributed by atoms with Gasteiger partial charge >= 0.3 is 41.8 Å². The van der Waals surface area contributed by atoms with Crippen molar-refractivity contribution in [1.82, 2.24) is 0 Å². The van der Waals surface area contributed by atoms with Gasteiger partial charge in [0, 0.05) is 49.8 Å². The molecule has 1 aliphatic carbocycles. The van der Waals surface area contributed by atoms with Gasteiger partial charge in [-0.1, -0.05) is 13.3 Å². The maximum Gasteiger partial charge on any atom is 0.334 e. The molecule has 14 heteroatoms. The molecule has 232 valence electrons. The van der Waals surface area contributed by atoms with Crippen LogP contribution in [0.4, 0.5) is 0 Å². The van der Waals surface area contributed by atoms with Crippen LogP contribution in [0, 0.1) is 11.8 Å². The van der Waals surface area contributed by atoms with Gasteiger partial charge in [0.15, 0.2) is 0 Å². The molecule has 0 radical (unpaired) electrons. The number of rotatable bonds is 15. The second-order valence-corrected chi connectivity index (χ2v) is 8.94. The number of hydrogen-bond donors (Lipinski definition) is 0. The predicted molar refractivity (Wildman–Crippen MR) is 140 cm³/mol. The third kappa shape index (κ3) is 15.3. The maximum absolute atomic E-state index is 12.7. The van der Waals surface area contributed by atoms with Crippen LogP contribution in [0.1, 0.15) is 52.4 Å². The zero-order valence-electron chi connectivity index (χ0n) is 23.9. The Morgan fingerprint density at radius 1 is 0.690 bits per heavy atom. The summed E-state index contributed by atoms with van der Waals surface area (Å²) in [7, 11) is 2.29. The summed E-state index contributed by atoms with van der Waals surface area (Å²) < 4.78 is 34.0. The van der Waals surface area contributed by atoms with E-state index >= 15 is 0 Å². The highest BCUT2D eigenvalue weighted by Gasteiger charge is 2.31. The smallest absolute Gasteiger partial charge is 0.334 e. The standard InChI is InChI=1S/C28H36O14/c1-5-7-27(41-26(34)14-11-22(30)37-4)42-28(35)20-9-6-8-19(16-20)17-38-23(31)12-15-25(33)40-18(2)39-24(32)13-10-21(29)36-3/h10-15,18-20,27H,5-9,16-17H2,1-4H3/b13-10+,14-11+,15-12+. The molecule has 42 heavy (non-hydrogen) atoms. The minimum absolute atomic E-state index is 0.00571. The molecule has 0 N–H and O–H groups in total. The SMILES string of the molecule is CCCC(OC(=O)/C=C/C(=O)OC)OC(=O)C1CCCC(COC(=O)/C=C/C(=O)OC(C)OC(=O)/C=C/C(=O)OC)C1. The normalized spacial score (nSPS) is 18.1. The average Bonchev–Trinajstić information content (AvgIpc) is 2.96. The van der Waals surface area contributed by atoms with Crippen LogP contribution in [0.25, 0.3) is 0 Å². The zero-order valence-corrected chi connectivity index (χ0v) is 23.9. The third-order valence-electron chi connectivity index (χ3n) is 5.63. The largest absolute Gasteiger partial charge is 0.466 e. The molecule has 0 spiro atoms. The second-order valence-electron chi connectivity index (χ2n) is 8.94. The van der Waals surface area contributed by atoms with E-state index in [2.05, 4.69) is 9.47 Å². The van der Waals surface area contributed by atoms with E-state index in [9.17, 15) is 33.6 Å². The Bertz CT molecular complexity index is 1060. The first kappa shape index (κ1) is 35.5. The number of carbonyl (C=O) groups excluding carboxylic acids is 7. The van der Waals surface area contributed by atoms with Gasteiger partial charge in [-0.2, -0.15) is 0 Å². The van der Waals surface area contributed by atoms with Gasteiger partial charge < -0.3 is 33.2 Å². The predicted octanol–water partition coefficient (Wildman–Crippen LogP) is 2.00. The molecule has 4 atom stereocenters. The van der Waals surface area contributed by atoms with Gasteiger partial charge in [-0.25, -0.2) is 28.8 Å². The topological polar surface area (TPSA) is 184 Å². The van der Waals surface area contributed by atoms with Crippen LogP contribution in [0.3, 0.4) is 0 Å². The van der Waals surface area contributed by atoms with Crippen molar-refractivity contribution in [3.8, 4) is 0 Å². The molecule has 1 saturated carbocycles. The van der Waals surface area contributed by atoms with Crippen molar-refractivity contribution in [2.75, 3.05) is 20.8 Å². The lowest BCUT2D eigenvalue weighted by atomic mass is 9.82. The Morgan fingerprint density at radius 3 is 1.71 bits per heavy atom. The van der Waals surface area contributed by atoms with Crippen molar-refractivity contribution in [2.45, 2.75) is 65.0 Å². The van der Waals surface area contributed by atoms with Crippen molar-refractivity contribution in [3.63, 3.8) is 0 Å². The molecule has 0 amide bonds. The van der Waals surface area contributed by atoms with E-state index in [0.29, 0.717) is 32.1 Å². The highest BCUT2D eigenvalue weighted by atomic mass is 16.7. The van der Waals surface area contributed by atoms with Gasteiger partial charge in [0.1, 0.15) is 0 Å². The summed E-state index contributed by atoms with van der Waals surface area (Å²) in [6.45, 7) is 3.07. The maximum atomic E-state index is 12.7. The lowest BCUT2D eigenvalue weighted by Crippen LogP contribution is -2.31. The monoisotopic (exact) mass is 596 g/mol. The number of ether oxygens (including phenoxy) is 7. The van der Waals surface area contributed by atoms with E-state index in [-0.39, 0.29) is 18.9 Å². The van der Waals surface area contributed by atoms with Crippen molar-refractivity contribution < 1.29 is 66.7 Å². The van der Waals surface area contributed by atoms with Crippen LogP contribution in [0.5, 0.6) is 0 Å². The molecular formula is C28H36O14. The van der Waals surface area contributed by atoms with Crippen LogP contribution < -0.4 is 0 Å². The quantitative estimate of drug-likeness (QED) is 0.116. The summed E-state index contributed by atoms with van der Waals surface area (Å²) in [5, 5.41) is 0. The van der Waals surface area contributed by atoms with Crippen molar-refractivity contribution in [2.24, 2.45) is 11.8 Å². The molecule has 0 bridgehead atoms. The van der Waals surface area contributed by atoms with Crippen LogP contribution in [-0.4, -0.2) is 75.2 Å². The fourth-order valence-corrected chi connectivity index (χ4v) is 3.65. The average molecular weight is 597 g/mol. The number of hydrogen-bond acceptors (Lipinski definition) is 14. The summed E-state index contributed by atoms with van der Waals surface area (Å²) in [4.78, 5) is 82.2. The molecular weight excluding hydrogens is 560 g/mol. The summed E-state index contributed by atoms with van der Waals surface area (Å²) in [6, 6.07) is 0. The summed E-state index contributed by atoms with van der Waals surface area (Å²) in [6.07, 6.45) is 5.75. The number of carbonyl (C=O) groups is 7. The molecule has 14 nitrogen and oxygen atoms in total. The zero-order chi connectivity index (χ0) is 31.5. The molecule has 1 fully saturated rings. The van der Waals surface area contributed by atoms with E-state index < -0.39 is 60.3 Å². The summed E-state index contributed by atoms with van der Waals surface area (Å²) >= 11 is 0. The lowest BCUT2D eigenvalue weighted by molar-refractivity contribution is -0.190. The Hall–Kier alpha value is -4.49. The highest BCUT2D eigenvalue weighted by molar-refractivity contribution is 5.93. The molecule has 1 rings (SSSR count). The molecule has 0 heterocycles. The Balaban J connectivity index is 2.50. The van der Waals surface area contributed by atoms with Crippen LogP contribution in [0.15, 0.2) is 36.5 Å². The lowest BCUT2D eigenvalue weighted by Gasteiger charge is -2.28. The van der Waals surface area contributed by atoms with E-state index in [0.717, 1.165) is 50.7 Å². The first-order valence-corrected chi connectivity index (χ1v) is 13.2. The molecule has 0 saturated heterocycles. The van der Waals surface area contributed by atoms with Crippen LogP contribution in [0.2, 0.25) is 0 Å². The fourth-order valence-electron chi connectivity index (χ4n) is 3.65. The summed E-state index contributed by atoms with van der Waals surface area (Å²) in [5.74, 6) is -6.31. The Labute approximate surface area is 242 Å². The molecule has 0 aromatic heterocycles. The fraction of sp³-hybridized carbons (Fsp3) is 0.536. The molecule has 0 aromatic rings. The van der Waals surface area contributed by atoms with Crippen molar-refractivity contribution in [1.29, 1.82) is 0 Å². The van der Waals surface area contributed by atoms with Gasteiger partial charge in [-0.15, -0.1) is 0 Å². The number of esters is 7. The van der Waals surface area contributed by atoms with E-state index in [1.165, 1.54) is 6.92 Å². The third-order valence-corrected chi connectivity index (χ3v) is 5.63. The Morgan fingerprint density at radius 2 is 1.19 bits per heavy atom. The van der Waals surface area contributed by atoms with Crippen molar-refractivity contribution >= 4 is 41.8 Å². The van der Waals surface area contributed by atoms with Gasteiger partial charge in [0.2, 0.25) is 12.6 Å². The van der Waals surface area contributed by atoms with Gasteiger partial charge in [0.25, 0.3) is 0 Å². The number of methoxy groups -OCH3 is 2. The Kier molecular flexibility index (Phi) is 16.6. The summed E-state index contributed by atoms with van der Waals surface area (Å²) in [5.41, 5.74) is 0. The molecule has 0 aromatic carbocycles. The minimum atomic E-state index is -1.30. The van der Waals surface area contributed by atoms with Crippen LogP contribution in [-0.2, 0) is 66.7 Å². The first-order chi connectivity index (χ1) is 20.0. The van der Waals surface area contributed by atoms with Gasteiger partial charge in [0.05, 0.1) is 26.7 Å². The molecule has 4 unspecified atom stereocenters. The van der Waals surface area contributed by atoms with Gasteiger partial charge in [-0.3, -0.25) is 4.79 Å². The highest BCUT2D eigenvalue weighted by Crippen LogP contribution is 2.30. The molecule has 0 aliphatic heterocycles. The van der Waals surface area contributed by atoms with Crippen molar-refractivity contribution in [3.05, 3.63) is 36.5 Å². The molecule has 1 aliphatic rings. The van der Waals surface area contributed by atoms with E-state index in [1.54, 1.807) is 0 Å². The second kappa shape index (κ2) is 19.6. The van der Waals surface area contributed by atoms with Crippen LogP contribution >= 0.6 is 0 Å². The van der Waals surface area contributed by atoms with E-state index in [1.807, 2.05) is 6.92 Å². The minimum Gasteiger partial charge on any atom is -0.466 e. The first-order valence-electron chi connectivity index (χ1n) is 13.2. The van der Waals surface area contributed by atoms with Gasteiger partial charge in [-0.05, 0) is 31.6 Å².